The van der Waals surface area contributed by atoms with Gasteiger partial charge in [0.1, 0.15) is 0 Å². The fourth-order valence-corrected chi connectivity index (χ4v) is 2.90. The summed E-state index contributed by atoms with van der Waals surface area (Å²) < 4.78 is 5.33. The molecule has 4 heteroatoms. The highest BCUT2D eigenvalue weighted by Crippen LogP contribution is 2.17. The van der Waals surface area contributed by atoms with Crippen molar-refractivity contribution in [3.63, 3.8) is 0 Å². The number of hydrogen-bond donors (Lipinski definition) is 1. The summed E-state index contributed by atoms with van der Waals surface area (Å²) in [5.74, 6) is 0.690. The van der Waals surface area contributed by atoms with Crippen LogP contribution in [-0.4, -0.2) is 24.2 Å². The van der Waals surface area contributed by atoms with E-state index in [1.54, 1.807) is 0 Å². The van der Waals surface area contributed by atoms with E-state index in [-0.39, 0.29) is 0 Å². The van der Waals surface area contributed by atoms with E-state index in [0.717, 1.165) is 32.6 Å². The van der Waals surface area contributed by atoms with Crippen LogP contribution in [0.25, 0.3) is 0 Å². The Morgan fingerprint density at radius 1 is 1.62 bits per heavy atom. The first kappa shape index (κ1) is 12.0. The summed E-state index contributed by atoms with van der Waals surface area (Å²) >= 11 is 1.83. The zero-order chi connectivity index (χ0) is 11.4. The van der Waals surface area contributed by atoms with Crippen LogP contribution in [-0.2, 0) is 17.7 Å². The molecule has 0 saturated carbocycles. The summed E-state index contributed by atoms with van der Waals surface area (Å²) in [5.41, 5.74) is 0. The minimum atomic E-state index is 0.538. The Kier molecular flexibility index (Phi) is 4.32. The average Bonchev–Trinajstić information content (AvgIpc) is 2.84. The molecule has 1 fully saturated rings. The maximum absolute atomic E-state index is 5.33. The molecule has 1 aromatic rings. The van der Waals surface area contributed by atoms with Crippen molar-refractivity contribution < 1.29 is 4.74 Å². The Bertz CT molecular complexity index is 319. The smallest absolute Gasteiger partial charge is 0.0930 e. The molecule has 2 rings (SSSR count). The zero-order valence-electron chi connectivity index (χ0n) is 10.0. The van der Waals surface area contributed by atoms with Crippen LogP contribution in [0.2, 0.25) is 0 Å². The van der Waals surface area contributed by atoms with Crippen LogP contribution in [0.3, 0.4) is 0 Å². The molecule has 1 aliphatic heterocycles. The minimum Gasteiger partial charge on any atom is -0.380 e. The molecule has 0 aliphatic carbocycles. The van der Waals surface area contributed by atoms with Crippen LogP contribution in [0.1, 0.15) is 30.2 Å². The lowest BCUT2D eigenvalue weighted by Gasteiger charge is -2.08. The second-order valence-corrected chi connectivity index (χ2v) is 5.96. The fourth-order valence-electron chi connectivity index (χ4n) is 1.81. The number of hydrogen-bond acceptors (Lipinski definition) is 4. The Balaban J connectivity index is 1.78. The van der Waals surface area contributed by atoms with Gasteiger partial charge in [-0.15, -0.1) is 11.3 Å². The molecule has 2 heterocycles. The number of ether oxygens (including phenoxy) is 1. The van der Waals surface area contributed by atoms with Crippen LogP contribution in [0.15, 0.2) is 6.20 Å². The molecule has 90 valence electrons. The van der Waals surface area contributed by atoms with Gasteiger partial charge in [-0.2, -0.15) is 0 Å². The first-order chi connectivity index (χ1) is 7.74. The van der Waals surface area contributed by atoms with Crippen molar-refractivity contribution in [1.29, 1.82) is 0 Å². The first-order valence-corrected chi connectivity index (χ1v) is 6.80. The molecule has 16 heavy (non-hydrogen) atoms. The van der Waals surface area contributed by atoms with Gasteiger partial charge in [0.2, 0.25) is 0 Å². The van der Waals surface area contributed by atoms with E-state index in [2.05, 4.69) is 24.1 Å². The highest BCUT2D eigenvalue weighted by molar-refractivity contribution is 7.11. The summed E-state index contributed by atoms with van der Waals surface area (Å²) in [6.45, 7) is 7.16. The Morgan fingerprint density at radius 3 is 3.19 bits per heavy atom. The van der Waals surface area contributed by atoms with Gasteiger partial charge in [0.15, 0.2) is 0 Å². The van der Waals surface area contributed by atoms with Crippen molar-refractivity contribution in [2.24, 2.45) is 5.92 Å². The third-order valence-electron chi connectivity index (χ3n) is 2.68. The number of nitrogens with one attached hydrogen (secondary N) is 1. The van der Waals surface area contributed by atoms with E-state index in [1.165, 1.54) is 9.88 Å². The van der Waals surface area contributed by atoms with Gasteiger partial charge >= 0.3 is 0 Å². The number of nitrogens with zero attached hydrogens (tertiary/aromatic N) is 1. The standard InChI is InChI=1S/C12H20N2OS/c1-9(2)5-12-14-7-11(16-12)6-13-10-3-4-15-8-10/h7,9-10,13H,3-6,8H2,1-2H3. The largest absolute Gasteiger partial charge is 0.380 e. The van der Waals surface area contributed by atoms with Crippen molar-refractivity contribution >= 4 is 11.3 Å². The van der Waals surface area contributed by atoms with Crippen molar-refractivity contribution in [1.82, 2.24) is 10.3 Å². The second-order valence-electron chi connectivity index (χ2n) is 4.76. The fraction of sp³-hybridized carbons (Fsp3) is 0.750. The predicted molar refractivity (Wildman–Crippen MR) is 66.7 cm³/mol. The summed E-state index contributed by atoms with van der Waals surface area (Å²) in [4.78, 5) is 5.78. The molecule has 0 amide bonds. The van der Waals surface area contributed by atoms with Crippen LogP contribution >= 0.6 is 11.3 Å². The maximum atomic E-state index is 5.33. The van der Waals surface area contributed by atoms with Gasteiger partial charge < -0.3 is 10.1 Å². The van der Waals surface area contributed by atoms with Gasteiger partial charge in [0.25, 0.3) is 0 Å². The van der Waals surface area contributed by atoms with Crippen LogP contribution in [0.5, 0.6) is 0 Å². The summed E-state index contributed by atoms with van der Waals surface area (Å²) in [6, 6.07) is 0.538. The van der Waals surface area contributed by atoms with Crippen molar-refractivity contribution in [2.45, 2.75) is 39.3 Å². The van der Waals surface area contributed by atoms with E-state index in [4.69, 9.17) is 4.74 Å². The molecule has 3 nitrogen and oxygen atoms in total. The normalized spacial score (nSPS) is 20.8. The van der Waals surface area contributed by atoms with E-state index in [0.29, 0.717) is 12.0 Å². The third-order valence-corrected chi connectivity index (χ3v) is 3.70. The Hall–Kier alpha value is -0.450. The van der Waals surface area contributed by atoms with Gasteiger partial charge in [0, 0.05) is 36.7 Å². The average molecular weight is 240 g/mol. The molecule has 1 N–H and O–H groups in total. The van der Waals surface area contributed by atoms with Gasteiger partial charge in [-0.1, -0.05) is 13.8 Å². The molecule has 1 unspecified atom stereocenters. The van der Waals surface area contributed by atoms with E-state index >= 15 is 0 Å². The second kappa shape index (κ2) is 5.75. The quantitative estimate of drug-likeness (QED) is 0.857. The van der Waals surface area contributed by atoms with Crippen molar-refractivity contribution in [2.75, 3.05) is 13.2 Å². The van der Waals surface area contributed by atoms with E-state index in [9.17, 15) is 0 Å². The number of aromatic nitrogens is 1. The van der Waals surface area contributed by atoms with Gasteiger partial charge in [-0.05, 0) is 12.3 Å². The molecule has 0 aromatic carbocycles. The van der Waals surface area contributed by atoms with E-state index < -0.39 is 0 Å². The molecule has 1 aromatic heterocycles. The maximum Gasteiger partial charge on any atom is 0.0930 e. The van der Waals surface area contributed by atoms with Gasteiger partial charge in [-0.25, -0.2) is 4.98 Å². The topological polar surface area (TPSA) is 34.2 Å². The summed E-state index contributed by atoms with van der Waals surface area (Å²) in [6.07, 6.45) is 4.24. The van der Waals surface area contributed by atoms with Gasteiger partial charge in [-0.3, -0.25) is 0 Å². The molecular formula is C12H20N2OS. The van der Waals surface area contributed by atoms with Crippen LogP contribution in [0, 0.1) is 5.92 Å². The van der Waals surface area contributed by atoms with E-state index in [1.807, 2.05) is 17.5 Å². The third kappa shape index (κ3) is 3.54. The van der Waals surface area contributed by atoms with Crippen molar-refractivity contribution in [3.05, 3.63) is 16.1 Å². The molecule has 0 bridgehead atoms. The Labute approximate surface area is 101 Å². The predicted octanol–water partition coefficient (Wildman–Crippen LogP) is 2.22. The molecular weight excluding hydrogens is 220 g/mol. The van der Waals surface area contributed by atoms with Crippen molar-refractivity contribution in [3.8, 4) is 0 Å². The van der Waals surface area contributed by atoms with Crippen LogP contribution < -0.4 is 5.32 Å². The molecule has 1 saturated heterocycles. The lowest BCUT2D eigenvalue weighted by molar-refractivity contribution is 0.190. The molecule has 0 spiro atoms. The highest BCUT2D eigenvalue weighted by atomic mass is 32.1. The lowest BCUT2D eigenvalue weighted by atomic mass is 10.1. The summed E-state index contributed by atoms with van der Waals surface area (Å²) in [5, 5.41) is 4.77. The lowest BCUT2D eigenvalue weighted by Crippen LogP contribution is -2.28. The molecule has 1 atom stereocenters. The number of rotatable bonds is 5. The monoisotopic (exact) mass is 240 g/mol. The molecule has 0 radical (unpaired) electrons. The first-order valence-electron chi connectivity index (χ1n) is 5.98. The summed E-state index contributed by atoms with van der Waals surface area (Å²) in [7, 11) is 0. The SMILES string of the molecule is CC(C)Cc1ncc(CNC2CCOC2)s1. The van der Waals surface area contributed by atoms with Crippen LogP contribution in [0.4, 0.5) is 0 Å². The number of thiazole rings is 1. The molecule has 1 aliphatic rings. The minimum absolute atomic E-state index is 0.538. The zero-order valence-corrected chi connectivity index (χ0v) is 10.8. The van der Waals surface area contributed by atoms with Gasteiger partial charge in [0.05, 0.1) is 11.6 Å². The highest BCUT2D eigenvalue weighted by Gasteiger charge is 2.15. The Morgan fingerprint density at radius 2 is 2.50 bits per heavy atom.